The average molecular weight is 488 g/mol. The molecule has 3 rings (SSSR count). The third-order valence-electron chi connectivity index (χ3n) is 6.69. The van der Waals surface area contributed by atoms with Gasteiger partial charge in [0.15, 0.2) is 11.6 Å². The van der Waals surface area contributed by atoms with Gasteiger partial charge in [-0.1, -0.05) is 18.2 Å². The standard InChI is InChI=1S/C27H38FN3O4/c1-35-26-18-20(2-9-25(26)28)10-11-29-24-8-7-23(19-24)21-3-5-22(6-4-21)27(34)30-12-13-31(14-16-32)15-17-33/h2-6,9,18,23-24,29,32-33H,7-8,10-17,19H2,1H3,(H,30,34)/t23-,24+/m1/s1. The first kappa shape index (κ1) is 27.1. The van der Waals surface area contributed by atoms with Crippen LogP contribution in [0.2, 0.25) is 0 Å². The predicted molar refractivity (Wildman–Crippen MR) is 134 cm³/mol. The summed E-state index contributed by atoms with van der Waals surface area (Å²) in [5.74, 6) is 0.300. The molecule has 192 valence electrons. The molecule has 1 amide bonds. The van der Waals surface area contributed by atoms with Gasteiger partial charge in [0, 0.05) is 37.8 Å². The minimum atomic E-state index is -0.339. The molecule has 1 fully saturated rings. The number of halogens is 1. The van der Waals surface area contributed by atoms with E-state index < -0.39 is 0 Å². The third kappa shape index (κ3) is 8.28. The average Bonchev–Trinajstić information content (AvgIpc) is 3.34. The van der Waals surface area contributed by atoms with Crippen molar-refractivity contribution in [2.24, 2.45) is 0 Å². The number of aliphatic hydroxyl groups excluding tert-OH is 2. The molecular formula is C27H38FN3O4. The van der Waals surface area contributed by atoms with E-state index >= 15 is 0 Å². The normalized spacial score (nSPS) is 17.6. The number of ether oxygens (including phenoxy) is 1. The second kappa shape index (κ2) is 14.1. The summed E-state index contributed by atoms with van der Waals surface area (Å²) in [5, 5.41) is 24.7. The number of methoxy groups -OCH3 is 1. The Balaban J connectivity index is 1.40. The molecule has 4 N–H and O–H groups in total. The summed E-state index contributed by atoms with van der Waals surface area (Å²) < 4.78 is 18.6. The summed E-state index contributed by atoms with van der Waals surface area (Å²) >= 11 is 0. The Kier molecular flexibility index (Phi) is 10.9. The maximum absolute atomic E-state index is 13.6. The molecule has 2 aromatic carbocycles. The number of nitrogens with zero attached hydrogens (tertiary/aromatic N) is 1. The van der Waals surface area contributed by atoms with Crippen LogP contribution in [0.1, 0.15) is 46.7 Å². The van der Waals surface area contributed by atoms with Crippen molar-refractivity contribution in [3.63, 3.8) is 0 Å². The van der Waals surface area contributed by atoms with Crippen LogP contribution in [0.3, 0.4) is 0 Å². The van der Waals surface area contributed by atoms with Crippen molar-refractivity contribution in [3.8, 4) is 5.75 Å². The van der Waals surface area contributed by atoms with Crippen LogP contribution in [0.25, 0.3) is 0 Å². The second-order valence-corrected chi connectivity index (χ2v) is 9.05. The van der Waals surface area contributed by atoms with E-state index in [2.05, 4.69) is 22.8 Å². The van der Waals surface area contributed by atoms with Crippen molar-refractivity contribution >= 4 is 5.91 Å². The van der Waals surface area contributed by atoms with Crippen molar-refractivity contribution in [3.05, 3.63) is 65.0 Å². The van der Waals surface area contributed by atoms with E-state index in [0.29, 0.717) is 43.7 Å². The lowest BCUT2D eigenvalue weighted by Crippen LogP contribution is -2.37. The maximum atomic E-state index is 13.6. The van der Waals surface area contributed by atoms with Gasteiger partial charge in [0.2, 0.25) is 0 Å². The number of hydrogen-bond acceptors (Lipinski definition) is 6. The molecule has 35 heavy (non-hydrogen) atoms. The fourth-order valence-corrected chi connectivity index (χ4v) is 4.70. The Morgan fingerprint density at radius 2 is 1.80 bits per heavy atom. The lowest BCUT2D eigenvalue weighted by Gasteiger charge is -2.20. The molecule has 0 radical (unpaired) electrons. The minimum absolute atomic E-state index is 0.0242. The van der Waals surface area contributed by atoms with Crippen LogP contribution in [0, 0.1) is 5.82 Å². The second-order valence-electron chi connectivity index (χ2n) is 9.05. The number of hydrogen-bond donors (Lipinski definition) is 4. The van der Waals surface area contributed by atoms with E-state index in [1.54, 1.807) is 12.1 Å². The Morgan fingerprint density at radius 1 is 1.06 bits per heavy atom. The highest BCUT2D eigenvalue weighted by molar-refractivity contribution is 5.94. The molecule has 0 heterocycles. The highest BCUT2D eigenvalue weighted by atomic mass is 19.1. The molecule has 0 unspecified atom stereocenters. The summed E-state index contributed by atoms with van der Waals surface area (Å²) in [5.41, 5.74) is 2.94. The summed E-state index contributed by atoms with van der Waals surface area (Å²) in [6, 6.07) is 13.3. The zero-order valence-electron chi connectivity index (χ0n) is 20.5. The van der Waals surface area contributed by atoms with E-state index in [1.807, 2.05) is 17.0 Å². The van der Waals surface area contributed by atoms with Gasteiger partial charge in [-0.15, -0.1) is 0 Å². The Bertz CT molecular complexity index is 919. The van der Waals surface area contributed by atoms with Gasteiger partial charge in [0.05, 0.1) is 20.3 Å². The summed E-state index contributed by atoms with van der Waals surface area (Å²) in [6.07, 6.45) is 4.10. The monoisotopic (exact) mass is 487 g/mol. The van der Waals surface area contributed by atoms with Crippen molar-refractivity contribution < 1.29 is 24.1 Å². The van der Waals surface area contributed by atoms with Gasteiger partial charge in [-0.2, -0.15) is 0 Å². The lowest BCUT2D eigenvalue weighted by molar-refractivity contribution is 0.0944. The summed E-state index contributed by atoms with van der Waals surface area (Å²) in [4.78, 5) is 14.4. The minimum Gasteiger partial charge on any atom is -0.494 e. The fraction of sp³-hybridized carbons (Fsp3) is 0.519. The zero-order chi connectivity index (χ0) is 25.0. The molecule has 2 aromatic rings. The Morgan fingerprint density at radius 3 is 2.49 bits per heavy atom. The van der Waals surface area contributed by atoms with Crippen LogP contribution in [0.15, 0.2) is 42.5 Å². The molecule has 0 bridgehead atoms. The van der Waals surface area contributed by atoms with Crippen LogP contribution >= 0.6 is 0 Å². The number of rotatable bonds is 14. The quantitative estimate of drug-likeness (QED) is 0.327. The molecule has 0 aromatic heterocycles. The van der Waals surface area contributed by atoms with Gasteiger partial charge < -0.3 is 25.6 Å². The molecule has 2 atom stereocenters. The predicted octanol–water partition coefficient (Wildman–Crippen LogP) is 2.32. The third-order valence-corrected chi connectivity index (χ3v) is 6.69. The number of aliphatic hydroxyl groups is 2. The van der Waals surface area contributed by atoms with Gasteiger partial charge in [-0.3, -0.25) is 9.69 Å². The van der Waals surface area contributed by atoms with Crippen LogP contribution in [0.4, 0.5) is 4.39 Å². The van der Waals surface area contributed by atoms with Crippen LogP contribution in [0.5, 0.6) is 5.75 Å². The first-order valence-electron chi connectivity index (χ1n) is 12.4. The first-order chi connectivity index (χ1) is 17.0. The van der Waals surface area contributed by atoms with Crippen molar-refractivity contribution in [2.75, 3.05) is 53.0 Å². The van der Waals surface area contributed by atoms with Crippen molar-refractivity contribution in [1.29, 1.82) is 0 Å². The van der Waals surface area contributed by atoms with Gasteiger partial charge in [0.1, 0.15) is 0 Å². The molecule has 0 spiro atoms. The highest BCUT2D eigenvalue weighted by Gasteiger charge is 2.25. The number of carbonyl (C=O) groups excluding carboxylic acids is 1. The van der Waals surface area contributed by atoms with E-state index in [-0.39, 0.29) is 30.7 Å². The highest BCUT2D eigenvalue weighted by Crippen LogP contribution is 2.34. The topological polar surface area (TPSA) is 94.1 Å². The molecule has 1 aliphatic carbocycles. The smallest absolute Gasteiger partial charge is 0.251 e. The SMILES string of the molecule is COc1cc(CCN[C@H]2CC[C@@H](c3ccc(C(=O)NCCN(CCO)CCO)cc3)C2)ccc1F. The van der Waals surface area contributed by atoms with Gasteiger partial charge in [0.25, 0.3) is 5.91 Å². The van der Waals surface area contributed by atoms with Crippen LogP contribution in [-0.4, -0.2) is 80.1 Å². The molecule has 8 heteroatoms. The lowest BCUT2D eigenvalue weighted by atomic mass is 9.96. The molecule has 0 aliphatic heterocycles. The molecule has 1 saturated carbocycles. The van der Waals surface area contributed by atoms with E-state index in [1.165, 1.54) is 18.7 Å². The first-order valence-corrected chi connectivity index (χ1v) is 12.4. The van der Waals surface area contributed by atoms with Crippen molar-refractivity contribution in [1.82, 2.24) is 15.5 Å². The van der Waals surface area contributed by atoms with Crippen LogP contribution in [-0.2, 0) is 6.42 Å². The number of benzene rings is 2. The maximum Gasteiger partial charge on any atom is 0.251 e. The van der Waals surface area contributed by atoms with Gasteiger partial charge >= 0.3 is 0 Å². The Labute approximate surface area is 207 Å². The number of carbonyl (C=O) groups is 1. The van der Waals surface area contributed by atoms with E-state index in [4.69, 9.17) is 14.9 Å². The molecule has 7 nitrogen and oxygen atoms in total. The summed E-state index contributed by atoms with van der Waals surface area (Å²) in [6.45, 7) is 2.87. The number of nitrogens with one attached hydrogen (secondary N) is 2. The molecular weight excluding hydrogens is 449 g/mol. The van der Waals surface area contributed by atoms with Gasteiger partial charge in [-0.25, -0.2) is 4.39 Å². The van der Waals surface area contributed by atoms with E-state index in [0.717, 1.165) is 37.8 Å². The number of amides is 1. The van der Waals surface area contributed by atoms with Gasteiger partial charge in [-0.05, 0) is 73.5 Å². The van der Waals surface area contributed by atoms with Crippen LogP contribution < -0.4 is 15.4 Å². The molecule has 1 aliphatic rings. The van der Waals surface area contributed by atoms with E-state index in [9.17, 15) is 9.18 Å². The zero-order valence-corrected chi connectivity index (χ0v) is 20.5. The Hall–Kier alpha value is -2.52. The summed E-state index contributed by atoms with van der Waals surface area (Å²) in [7, 11) is 1.48. The largest absolute Gasteiger partial charge is 0.494 e. The van der Waals surface area contributed by atoms with Crippen molar-refractivity contribution in [2.45, 2.75) is 37.6 Å². The molecule has 0 saturated heterocycles. The fourth-order valence-electron chi connectivity index (χ4n) is 4.70.